The molecule has 0 saturated carbocycles. The molecule has 1 aliphatic heterocycles. The fourth-order valence-corrected chi connectivity index (χ4v) is 0.342. The second kappa shape index (κ2) is 1.18. The molecule has 0 aromatic heterocycles. The van der Waals surface area contributed by atoms with Crippen molar-refractivity contribution >= 4 is 12.2 Å². The Bertz CT molecular complexity index is 97.0. The summed E-state index contributed by atoms with van der Waals surface area (Å²) in [7, 11) is 0. The third kappa shape index (κ3) is 0.440. The predicted octanol–water partition coefficient (Wildman–Crippen LogP) is -1.88. The maximum absolute atomic E-state index is 10.0. The van der Waals surface area contributed by atoms with E-state index in [1.165, 1.54) is 6.34 Å². The van der Waals surface area contributed by atoms with E-state index in [1.54, 1.807) is 5.32 Å². The van der Waals surface area contributed by atoms with Crippen LogP contribution in [0.5, 0.6) is 0 Å². The Morgan fingerprint density at radius 3 is 3.00 bits per heavy atom. The Hall–Kier alpha value is -0.700. The largest absolute Gasteiger partial charge is 0.305 e. The molecule has 1 heterocycles. The first kappa shape index (κ1) is 3.49. The number of carbonyl (C=O) groups excluding carboxylic acids is 1. The van der Waals surface area contributed by atoms with Crippen molar-refractivity contribution in [1.29, 1.82) is 0 Å². The van der Waals surface area contributed by atoms with E-state index in [0.717, 1.165) is 0 Å². The van der Waals surface area contributed by atoms with E-state index in [4.69, 9.17) is 0 Å². The van der Waals surface area contributed by atoms with Crippen molar-refractivity contribution in [3.05, 3.63) is 0 Å². The second-order valence-corrected chi connectivity index (χ2v) is 1.11. The highest BCUT2D eigenvalue weighted by Gasteiger charge is 2.04. The minimum absolute atomic E-state index is 0.0324. The molecule has 1 rings (SSSR count). The lowest BCUT2D eigenvalue weighted by Gasteiger charge is -1.68. The summed E-state index contributed by atoms with van der Waals surface area (Å²) >= 11 is 0. The third-order valence-corrected chi connectivity index (χ3v) is 0.616. The first-order chi connectivity index (χ1) is 2.89. The molecule has 0 fully saturated rings. The average molecular weight is 85.1 g/mol. The van der Waals surface area contributed by atoms with Crippen LogP contribution in [0.25, 0.3) is 0 Å². The summed E-state index contributed by atoms with van der Waals surface area (Å²) in [5.41, 5.74) is 0. The van der Waals surface area contributed by atoms with Crippen LogP contribution in [-0.4, -0.2) is 18.8 Å². The lowest BCUT2D eigenvalue weighted by Crippen LogP contribution is -2.81. The van der Waals surface area contributed by atoms with Gasteiger partial charge in [-0.1, -0.05) is 0 Å². The summed E-state index contributed by atoms with van der Waals surface area (Å²) in [4.78, 5) is 13.4. The summed E-state index contributed by atoms with van der Waals surface area (Å²) in [6.07, 6.45) is 1.53. The number of rotatable bonds is 0. The Labute approximate surface area is 35.1 Å². The molecule has 2 N–H and O–H groups in total. The molecule has 0 unspecified atom stereocenters. The number of aliphatic imine (C=N–C) groups is 1. The van der Waals surface area contributed by atoms with Gasteiger partial charge in [-0.25, -0.2) is 0 Å². The molecule has 0 bridgehead atoms. The summed E-state index contributed by atoms with van der Waals surface area (Å²) < 4.78 is 0. The normalized spacial score (nSPS) is 19.7. The molecule has 6 heavy (non-hydrogen) atoms. The van der Waals surface area contributed by atoms with Crippen LogP contribution >= 0.6 is 0 Å². The van der Waals surface area contributed by atoms with Crippen LogP contribution in [0, 0.1) is 0 Å². The molecule has 0 aromatic carbocycles. The van der Waals surface area contributed by atoms with Crippen molar-refractivity contribution in [3.8, 4) is 0 Å². The van der Waals surface area contributed by atoms with E-state index >= 15 is 0 Å². The molecule has 3 nitrogen and oxygen atoms in total. The topological polar surface area (TPSA) is 46.0 Å². The molecule has 0 radical (unpaired) electrons. The number of hydrogen-bond donors (Lipinski definition) is 1. The number of quaternary nitrogens is 1. The summed E-state index contributed by atoms with van der Waals surface area (Å²) in [6.45, 7) is 0.500. The minimum atomic E-state index is -0.0324. The summed E-state index contributed by atoms with van der Waals surface area (Å²) in [5.74, 6) is -0.0324. The van der Waals surface area contributed by atoms with Gasteiger partial charge in [-0.3, -0.25) is 10.1 Å². The van der Waals surface area contributed by atoms with Gasteiger partial charge in [0, 0.05) is 0 Å². The van der Waals surface area contributed by atoms with Gasteiger partial charge in [0.15, 0.2) is 12.9 Å². The van der Waals surface area contributed by atoms with Crippen LogP contribution < -0.4 is 5.32 Å². The summed E-state index contributed by atoms with van der Waals surface area (Å²) in [5, 5.41) is 1.74. The Kier molecular flexibility index (Phi) is 0.686. The van der Waals surface area contributed by atoms with Crippen molar-refractivity contribution in [2.45, 2.75) is 0 Å². The fraction of sp³-hybridized carbons (Fsp3) is 0.333. The summed E-state index contributed by atoms with van der Waals surface area (Å²) in [6, 6.07) is 0. The van der Waals surface area contributed by atoms with Gasteiger partial charge in [-0.15, -0.1) is 0 Å². The maximum atomic E-state index is 10.0. The van der Waals surface area contributed by atoms with Crippen molar-refractivity contribution in [1.82, 2.24) is 0 Å². The standard InChI is InChI=1S/C3H4N2O/c6-3-1-4-2-5-3/h2H,1H2,(H,4,5,6)/p+1. The number of nitrogens with zero attached hydrogens (tertiary/aromatic N) is 1. The molecule has 0 aromatic rings. The highest BCUT2D eigenvalue weighted by molar-refractivity contribution is 5.86. The van der Waals surface area contributed by atoms with Gasteiger partial charge < -0.3 is 0 Å². The molecule has 0 saturated heterocycles. The van der Waals surface area contributed by atoms with Gasteiger partial charge in [0.2, 0.25) is 0 Å². The van der Waals surface area contributed by atoms with E-state index in [9.17, 15) is 4.79 Å². The van der Waals surface area contributed by atoms with Gasteiger partial charge in [0.1, 0.15) is 0 Å². The van der Waals surface area contributed by atoms with Gasteiger partial charge in [0.25, 0.3) is 0 Å². The van der Waals surface area contributed by atoms with Crippen molar-refractivity contribution in [2.75, 3.05) is 6.54 Å². The first-order valence-corrected chi connectivity index (χ1v) is 1.78. The molecule has 0 spiro atoms. The van der Waals surface area contributed by atoms with Gasteiger partial charge >= 0.3 is 5.91 Å². The fourth-order valence-electron chi connectivity index (χ4n) is 0.342. The number of nitrogens with two attached hydrogens (primary N) is 1. The maximum Gasteiger partial charge on any atom is 0.305 e. The minimum Gasteiger partial charge on any atom is -0.296 e. The lowest BCUT2D eigenvalue weighted by molar-refractivity contribution is -0.511. The molecule has 0 aliphatic carbocycles. The van der Waals surface area contributed by atoms with Crippen LogP contribution in [0.2, 0.25) is 0 Å². The van der Waals surface area contributed by atoms with Gasteiger partial charge in [-0.2, -0.15) is 4.99 Å². The first-order valence-electron chi connectivity index (χ1n) is 1.78. The smallest absolute Gasteiger partial charge is 0.296 e. The van der Waals surface area contributed by atoms with Crippen LogP contribution in [0.4, 0.5) is 0 Å². The zero-order valence-corrected chi connectivity index (χ0v) is 3.22. The van der Waals surface area contributed by atoms with E-state index in [1.807, 2.05) is 0 Å². The van der Waals surface area contributed by atoms with E-state index < -0.39 is 0 Å². The zero-order chi connectivity index (χ0) is 4.41. The number of carbonyl (C=O) groups is 1. The van der Waals surface area contributed by atoms with Gasteiger partial charge in [-0.05, 0) is 0 Å². The van der Waals surface area contributed by atoms with Crippen LogP contribution in [0.3, 0.4) is 0 Å². The quantitative estimate of drug-likeness (QED) is 0.367. The predicted molar refractivity (Wildman–Crippen MR) is 20.3 cm³/mol. The van der Waals surface area contributed by atoms with Crippen molar-refractivity contribution in [3.63, 3.8) is 0 Å². The van der Waals surface area contributed by atoms with E-state index in [0.29, 0.717) is 6.54 Å². The lowest BCUT2D eigenvalue weighted by atomic mass is 10.7. The Morgan fingerprint density at radius 2 is 2.83 bits per heavy atom. The van der Waals surface area contributed by atoms with Crippen LogP contribution in [-0.2, 0) is 4.79 Å². The molecule has 3 heteroatoms. The van der Waals surface area contributed by atoms with E-state index in [-0.39, 0.29) is 5.91 Å². The van der Waals surface area contributed by atoms with Crippen LogP contribution in [0.1, 0.15) is 0 Å². The molecule has 1 amide bonds. The number of hydrogen-bond acceptors (Lipinski definition) is 1. The Balaban J connectivity index is 2.59. The van der Waals surface area contributed by atoms with Gasteiger partial charge in [0.05, 0.1) is 0 Å². The molecular formula is C3H5N2O+. The van der Waals surface area contributed by atoms with Crippen LogP contribution in [0.15, 0.2) is 4.99 Å². The Morgan fingerprint density at radius 1 is 2.00 bits per heavy atom. The SMILES string of the molecule is O=C1C[NH2+]C=N1. The van der Waals surface area contributed by atoms with Crippen molar-refractivity contribution in [2.24, 2.45) is 4.99 Å². The number of amides is 1. The highest BCUT2D eigenvalue weighted by atomic mass is 16.1. The third-order valence-electron chi connectivity index (χ3n) is 0.616. The van der Waals surface area contributed by atoms with E-state index in [2.05, 4.69) is 4.99 Å². The highest BCUT2D eigenvalue weighted by Crippen LogP contribution is 1.66. The second-order valence-electron chi connectivity index (χ2n) is 1.11. The molecule has 32 valence electrons. The monoisotopic (exact) mass is 85.0 g/mol. The molecule has 1 aliphatic rings. The average Bonchev–Trinajstić information content (AvgIpc) is 1.86. The molecule has 0 atom stereocenters. The van der Waals surface area contributed by atoms with Crippen molar-refractivity contribution < 1.29 is 10.1 Å². The molecular weight excluding hydrogens is 80.0 g/mol. The zero-order valence-electron chi connectivity index (χ0n) is 3.22.